The van der Waals surface area contributed by atoms with E-state index in [0.717, 1.165) is 58.5 Å². The summed E-state index contributed by atoms with van der Waals surface area (Å²) in [5, 5.41) is 14.4. The Labute approximate surface area is 244 Å². The third-order valence-corrected chi connectivity index (χ3v) is 8.62. The standard InChI is InChI=1S/C32H33ClN2O6/c1-3-18-12-23(33)13-19(4-2)30(18)34-28(36)16-35-15-24(20-5-8-26-27(14-20)41-17-40-26)29(32(37)38)31(35)22-6-7-25-21(11-22)9-10-39-25/h5-8,11-14,24,29,31H,3-4,9-10,15-17H2,1-2H3,(H,34,36)(H,37,38)/t24-,29?,31+/m1/s1. The predicted octanol–water partition coefficient (Wildman–Crippen LogP) is 5.61. The molecule has 6 rings (SSSR count). The van der Waals surface area contributed by atoms with Crippen LogP contribution in [0.1, 0.15) is 53.6 Å². The quantitative estimate of drug-likeness (QED) is 0.360. The van der Waals surface area contributed by atoms with Crippen LogP contribution in [-0.2, 0) is 28.9 Å². The van der Waals surface area contributed by atoms with Gasteiger partial charge in [-0.1, -0.05) is 43.6 Å². The van der Waals surface area contributed by atoms with Crippen LogP contribution in [0.5, 0.6) is 17.2 Å². The maximum Gasteiger partial charge on any atom is 0.309 e. The number of fused-ring (bicyclic) bond motifs is 2. The Morgan fingerprint density at radius 1 is 0.951 bits per heavy atom. The van der Waals surface area contributed by atoms with E-state index in [0.29, 0.717) is 29.7 Å². The summed E-state index contributed by atoms with van der Waals surface area (Å²) < 4.78 is 16.8. The largest absolute Gasteiger partial charge is 0.493 e. The number of carboxylic acid groups (broad SMARTS) is 1. The number of likely N-dealkylation sites (tertiary alicyclic amines) is 1. The first-order valence-electron chi connectivity index (χ1n) is 14.1. The number of rotatable bonds is 8. The summed E-state index contributed by atoms with van der Waals surface area (Å²) in [5.74, 6) is -0.161. The van der Waals surface area contributed by atoms with E-state index in [-0.39, 0.29) is 25.2 Å². The molecule has 0 saturated carbocycles. The van der Waals surface area contributed by atoms with E-state index in [2.05, 4.69) is 5.32 Å². The van der Waals surface area contributed by atoms with Crippen LogP contribution in [0.4, 0.5) is 5.69 Å². The van der Waals surface area contributed by atoms with Gasteiger partial charge in [-0.3, -0.25) is 14.5 Å². The van der Waals surface area contributed by atoms with Crippen LogP contribution in [0.2, 0.25) is 5.02 Å². The summed E-state index contributed by atoms with van der Waals surface area (Å²) in [6.07, 6.45) is 2.22. The number of halogens is 1. The van der Waals surface area contributed by atoms with Crippen molar-refractivity contribution >= 4 is 29.2 Å². The van der Waals surface area contributed by atoms with Gasteiger partial charge in [-0.15, -0.1) is 0 Å². The Bertz CT molecular complexity index is 1480. The van der Waals surface area contributed by atoms with Crippen molar-refractivity contribution in [3.05, 3.63) is 81.4 Å². The van der Waals surface area contributed by atoms with Crippen LogP contribution in [0.3, 0.4) is 0 Å². The Morgan fingerprint density at radius 2 is 1.66 bits per heavy atom. The number of carbonyl (C=O) groups excluding carboxylic acids is 1. The number of benzene rings is 3. The highest BCUT2D eigenvalue weighted by atomic mass is 35.5. The van der Waals surface area contributed by atoms with Crippen LogP contribution in [-0.4, -0.2) is 48.4 Å². The van der Waals surface area contributed by atoms with Crippen molar-refractivity contribution in [2.45, 2.75) is 45.1 Å². The minimum absolute atomic E-state index is 0.0397. The number of nitrogens with zero attached hydrogens (tertiary/aromatic N) is 1. The van der Waals surface area contributed by atoms with E-state index < -0.39 is 17.9 Å². The number of nitrogens with one attached hydrogen (secondary N) is 1. The molecule has 41 heavy (non-hydrogen) atoms. The van der Waals surface area contributed by atoms with Crippen LogP contribution in [0, 0.1) is 5.92 Å². The lowest BCUT2D eigenvalue weighted by Gasteiger charge is -2.27. The third-order valence-electron chi connectivity index (χ3n) is 8.40. The summed E-state index contributed by atoms with van der Waals surface area (Å²) >= 11 is 6.33. The van der Waals surface area contributed by atoms with Gasteiger partial charge in [-0.05, 0) is 71.0 Å². The highest BCUT2D eigenvalue weighted by molar-refractivity contribution is 6.30. The van der Waals surface area contributed by atoms with Crippen LogP contribution in [0.15, 0.2) is 48.5 Å². The van der Waals surface area contributed by atoms with Crippen LogP contribution >= 0.6 is 11.6 Å². The average Bonchev–Trinajstić information content (AvgIpc) is 3.71. The number of amides is 1. The van der Waals surface area contributed by atoms with Gasteiger partial charge in [0.1, 0.15) is 5.75 Å². The first-order chi connectivity index (χ1) is 19.9. The Morgan fingerprint density at radius 3 is 2.39 bits per heavy atom. The first-order valence-corrected chi connectivity index (χ1v) is 14.5. The molecular formula is C32H33ClN2O6. The molecule has 1 saturated heterocycles. The number of ether oxygens (including phenoxy) is 3. The summed E-state index contributed by atoms with van der Waals surface area (Å²) in [6.45, 7) is 5.24. The number of hydrogen-bond acceptors (Lipinski definition) is 6. The zero-order valence-corrected chi connectivity index (χ0v) is 23.9. The first kappa shape index (κ1) is 27.4. The molecule has 3 aromatic rings. The van der Waals surface area contributed by atoms with Gasteiger partial charge in [0.05, 0.1) is 19.1 Å². The maximum atomic E-state index is 13.6. The van der Waals surface area contributed by atoms with Gasteiger partial charge in [0.2, 0.25) is 12.7 Å². The van der Waals surface area contributed by atoms with Crippen molar-refractivity contribution in [3.63, 3.8) is 0 Å². The minimum atomic E-state index is -0.906. The molecule has 1 fully saturated rings. The van der Waals surface area contributed by atoms with Gasteiger partial charge in [-0.2, -0.15) is 0 Å². The number of hydrogen-bond donors (Lipinski definition) is 2. The van der Waals surface area contributed by atoms with Gasteiger partial charge in [0.25, 0.3) is 0 Å². The number of carboxylic acids is 1. The lowest BCUT2D eigenvalue weighted by atomic mass is 9.82. The maximum absolute atomic E-state index is 13.6. The van der Waals surface area contributed by atoms with Crippen molar-refractivity contribution in [1.82, 2.24) is 4.90 Å². The van der Waals surface area contributed by atoms with E-state index >= 15 is 0 Å². The second kappa shape index (κ2) is 11.3. The normalized spacial score (nSPS) is 21.0. The van der Waals surface area contributed by atoms with Gasteiger partial charge >= 0.3 is 5.97 Å². The van der Waals surface area contributed by atoms with E-state index in [4.69, 9.17) is 25.8 Å². The van der Waals surface area contributed by atoms with Crippen LogP contribution in [0.25, 0.3) is 0 Å². The number of carbonyl (C=O) groups is 2. The van der Waals surface area contributed by atoms with Crippen molar-refractivity contribution in [2.75, 3.05) is 31.8 Å². The smallest absolute Gasteiger partial charge is 0.309 e. The topological polar surface area (TPSA) is 97.3 Å². The molecule has 3 aromatic carbocycles. The monoisotopic (exact) mass is 576 g/mol. The average molecular weight is 577 g/mol. The summed E-state index contributed by atoms with van der Waals surface area (Å²) in [5.41, 5.74) is 5.51. The summed E-state index contributed by atoms with van der Waals surface area (Å²) in [6, 6.07) is 14.7. The fraction of sp³-hybridized carbons (Fsp3) is 0.375. The van der Waals surface area contributed by atoms with Crippen molar-refractivity contribution in [3.8, 4) is 17.2 Å². The van der Waals surface area contributed by atoms with E-state index in [1.54, 1.807) is 0 Å². The van der Waals surface area contributed by atoms with E-state index in [1.165, 1.54) is 0 Å². The SMILES string of the molecule is CCc1cc(Cl)cc(CC)c1NC(=O)CN1C[C@H](c2ccc3c(c2)OCO3)C(C(=O)O)[C@@H]1c1ccc2c(c1)CCO2. The zero-order chi connectivity index (χ0) is 28.7. The molecule has 0 spiro atoms. The second-order valence-corrected chi connectivity index (χ2v) is 11.2. The molecule has 0 aliphatic carbocycles. The minimum Gasteiger partial charge on any atom is -0.493 e. The van der Waals surface area contributed by atoms with Crippen LogP contribution < -0.4 is 19.5 Å². The van der Waals surface area contributed by atoms with Gasteiger partial charge in [-0.25, -0.2) is 0 Å². The molecule has 3 aliphatic heterocycles. The second-order valence-electron chi connectivity index (χ2n) is 10.8. The molecule has 0 bridgehead atoms. The number of aliphatic carboxylic acids is 1. The molecule has 0 radical (unpaired) electrons. The molecule has 1 unspecified atom stereocenters. The molecule has 3 atom stereocenters. The molecule has 0 aromatic heterocycles. The molecule has 3 aliphatic rings. The molecular weight excluding hydrogens is 544 g/mol. The van der Waals surface area contributed by atoms with Gasteiger partial charge in [0.15, 0.2) is 11.5 Å². The lowest BCUT2D eigenvalue weighted by molar-refractivity contribution is -0.143. The van der Waals surface area contributed by atoms with Crippen molar-refractivity contribution < 1.29 is 28.9 Å². The molecule has 2 N–H and O–H groups in total. The van der Waals surface area contributed by atoms with Gasteiger partial charge < -0.3 is 24.6 Å². The van der Waals surface area contributed by atoms with Crippen molar-refractivity contribution in [1.29, 1.82) is 0 Å². The Hall–Kier alpha value is -3.75. The fourth-order valence-corrected chi connectivity index (χ4v) is 6.73. The Kier molecular flexibility index (Phi) is 7.53. The highest BCUT2D eigenvalue weighted by Crippen LogP contribution is 2.48. The predicted molar refractivity (Wildman–Crippen MR) is 155 cm³/mol. The molecule has 1 amide bonds. The molecule has 8 nitrogen and oxygen atoms in total. The number of aryl methyl sites for hydroxylation is 2. The molecule has 9 heteroatoms. The third kappa shape index (κ3) is 5.22. The fourth-order valence-electron chi connectivity index (χ4n) is 6.47. The van der Waals surface area contributed by atoms with Gasteiger partial charge in [0, 0.05) is 35.6 Å². The summed E-state index contributed by atoms with van der Waals surface area (Å²) in [4.78, 5) is 28.6. The lowest BCUT2D eigenvalue weighted by Crippen LogP contribution is -2.35. The number of anilines is 1. The molecule has 3 heterocycles. The molecule has 214 valence electrons. The summed E-state index contributed by atoms with van der Waals surface area (Å²) in [7, 11) is 0. The van der Waals surface area contributed by atoms with Crippen molar-refractivity contribution in [2.24, 2.45) is 5.92 Å². The highest BCUT2D eigenvalue weighted by Gasteiger charge is 2.48. The van der Waals surface area contributed by atoms with E-state index in [1.807, 2.05) is 67.3 Å². The zero-order valence-electron chi connectivity index (χ0n) is 23.1. The van der Waals surface area contributed by atoms with E-state index in [9.17, 15) is 14.7 Å². The Balaban J connectivity index is 1.35.